The second-order valence-electron chi connectivity index (χ2n) is 12.3. The van der Waals surface area contributed by atoms with Crippen LogP contribution in [-0.4, -0.2) is 83.7 Å². The number of carbonyl (C=O) groups is 3. The van der Waals surface area contributed by atoms with Crippen molar-refractivity contribution in [2.45, 2.75) is 70.6 Å². The van der Waals surface area contributed by atoms with Crippen LogP contribution in [0.2, 0.25) is 0 Å². The summed E-state index contributed by atoms with van der Waals surface area (Å²) in [4.78, 5) is 43.4. The van der Waals surface area contributed by atoms with E-state index in [1.54, 1.807) is 28.9 Å². The first kappa shape index (κ1) is 36.3. The number of unbranched alkanes of at least 4 members (excludes halogenated alkanes) is 2. The Morgan fingerprint density at radius 1 is 1.02 bits per heavy atom. The lowest BCUT2D eigenvalue weighted by atomic mass is 9.93. The molecular formula is C36H43N5O8S. The van der Waals surface area contributed by atoms with E-state index in [0.717, 1.165) is 50.0 Å². The number of fused-ring (bicyclic) bond motifs is 1. The lowest BCUT2D eigenvalue weighted by Crippen LogP contribution is -2.46. The van der Waals surface area contributed by atoms with Crippen molar-refractivity contribution in [2.24, 2.45) is 0 Å². The van der Waals surface area contributed by atoms with Crippen LogP contribution in [0, 0.1) is 6.92 Å². The lowest BCUT2D eigenvalue weighted by Gasteiger charge is -2.36. The molecule has 0 fully saturated rings. The summed E-state index contributed by atoms with van der Waals surface area (Å²) in [7, 11) is -3.19. The van der Waals surface area contributed by atoms with Crippen molar-refractivity contribution in [1.29, 1.82) is 0 Å². The van der Waals surface area contributed by atoms with Crippen LogP contribution < -0.4 is 4.72 Å². The molecule has 0 aliphatic carbocycles. The number of furan rings is 1. The molecule has 0 radical (unpaired) electrons. The predicted molar refractivity (Wildman–Crippen MR) is 186 cm³/mol. The number of hydrogen-bond donors (Lipinski definition) is 2. The van der Waals surface area contributed by atoms with Crippen LogP contribution in [0.5, 0.6) is 0 Å². The molecule has 2 aromatic heterocycles. The molecule has 4 aromatic rings. The van der Waals surface area contributed by atoms with Crippen molar-refractivity contribution in [1.82, 2.24) is 19.6 Å². The topological polar surface area (TPSA) is 164 Å². The van der Waals surface area contributed by atoms with E-state index in [4.69, 9.17) is 4.42 Å². The maximum Gasteiger partial charge on any atom is 0.374 e. The fraction of sp³-hybridized carbons (Fsp3) is 0.389. The van der Waals surface area contributed by atoms with Gasteiger partial charge in [0.2, 0.25) is 10.9 Å². The first-order valence-electron chi connectivity index (χ1n) is 16.7. The highest BCUT2D eigenvalue weighted by molar-refractivity contribution is 7.92. The van der Waals surface area contributed by atoms with E-state index in [0.29, 0.717) is 30.9 Å². The van der Waals surface area contributed by atoms with Crippen molar-refractivity contribution in [3.63, 3.8) is 0 Å². The molecular weight excluding hydrogens is 662 g/mol. The van der Waals surface area contributed by atoms with Gasteiger partial charge in [-0.3, -0.25) is 14.3 Å². The summed E-state index contributed by atoms with van der Waals surface area (Å²) >= 11 is 0. The van der Waals surface area contributed by atoms with Gasteiger partial charge in [0.15, 0.2) is 5.69 Å². The summed E-state index contributed by atoms with van der Waals surface area (Å²) in [6, 6.07) is 15.6. The molecule has 2 N–H and O–H groups in total. The van der Waals surface area contributed by atoms with Crippen LogP contribution in [-0.2, 0) is 27.7 Å². The standard InChI is InChI=1S/C36H43N5O8S/c1-5-7-17-39(18-8-6-2)35(44)30-19-24(3)41(37-30)31-14-13-27(38-50(46,47)33-16-15-32(49-33)36(45)48-4)21-29(31)34(43)40-22-26-12-10-9-11-25(26)20-28(40)23-42/h9-16,19,21,28,38,42H,5-8,17-18,20,22-23H2,1-4H3/t28-/m0/s1. The maximum atomic E-state index is 14.5. The number of anilines is 1. The Labute approximate surface area is 291 Å². The Morgan fingerprint density at radius 2 is 1.72 bits per heavy atom. The van der Waals surface area contributed by atoms with Gasteiger partial charge in [0.25, 0.3) is 21.8 Å². The summed E-state index contributed by atoms with van der Waals surface area (Å²) < 4.78 is 40.4. The zero-order chi connectivity index (χ0) is 36.0. The van der Waals surface area contributed by atoms with Gasteiger partial charge in [-0.05, 0) is 73.7 Å². The molecule has 5 rings (SSSR count). The SMILES string of the molecule is CCCCN(CCCC)C(=O)c1cc(C)n(-c2ccc(NS(=O)(=O)c3ccc(C(=O)OC)o3)cc2C(=O)N2Cc3ccccc3C[C@H]2CO)n1. The predicted octanol–water partition coefficient (Wildman–Crippen LogP) is 4.96. The highest BCUT2D eigenvalue weighted by Gasteiger charge is 2.33. The van der Waals surface area contributed by atoms with Crippen LogP contribution in [0.3, 0.4) is 0 Å². The number of benzene rings is 2. The minimum Gasteiger partial charge on any atom is -0.463 e. The molecule has 14 heteroatoms. The number of nitrogens with one attached hydrogen (secondary N) is 1. The van der Waals surface area contributed by atoms with E-state index in [-0.39, 0.29) is 41.8 Å². The van der Waals surface area contributed by atoms with E-state index in [9.17, 15) is 27.9 Å². The number of aliphatic hydroxyl groups is 1. The van der Waals surface area contributed by atoms with Crippen LogP contribution >= 0.6 is 0 Å². The van der Waals surface area contributed by atoms with Gasteiger partial charge >= 0.3 is 5.97 Å². The highest BCUT2D eigenvalue weighted by Crippen LogP contribution is 2.30. The number of nitrogens with zero attached hydrogens (tertiary/aromatic N) is 4. The number of ether oxygens (including phenoxy) is 1. The number of sulfonamides is 1. The number of carbonyl (C=O) groups excluding carboxylic acids is 3. The molecule has 1 atom stereocenters. The number of aliphatic hydroxyl groups excluding tert-OH is 1. The van der Waals surface area contributed by atoms with E-state index in [1.807, 2.05) is 24.3 Å². The second-order valence-corrected chi connectivity index (χ2v) is 13.9. The molecule has 1 aliphatic rings. The number of hydrogen-bond acceptors (Lipinski definition) is 9. The van der Waals surface area contributed by atoms with Crippen molar-refractivity contribution in [3.05, 3.63) is 94.5 Å². The molecule has 0 spiro atoms. The molecule has 0 saturated heterocycles. The molecule has 2 aromatic carbocycles. The van der Waals surface area contributed by atoms with Crippen molar-refractivity contribution in [2.75, 3.05) is 31.5 Å². The van der Waals surface area contributed by atoms with Gasteiger partial charge in [-0.1, -0.05) is 51.0 Å². The monoisotopic (exact) mass is 705 g/mol. The Hall–Kier alpha value is -4.95. The van der Waals surface area contributed by atoms with Crippen LogP contribution in [0.15, 0.2) is 70.2 Å². The van der Waals surface area contributed by atoms with E-state index in [2.05, 4.69) is 28.4 Å². The Kier molecular flexibility index (Phi) is 11.4. The zero-order valence-electron chi connectivity index (χ0n) is 28.7. The molecule has 0 bridgehead atoms. The van der Waals surface area contributed by atoms with Crippen molar-refractivity contribution >= 4 is 33.5 Å². The van der Waals surface area contributed by atoms with Crippen molar-refractivity contribution < 1.29 is 37.1 Å². The van der Waals surface area contributed by atoms with Crippen LogP contribution in [0.25, 0.3) is 5.69 Å². The average molecular weight is 706 g/mol. The quantitative estimate of drug-likeness (QED) is 0.173. The van der Waals surface area contributed by atoms with Gasteiger partial charge in [-0.2, -0.15) is 13.5 Å². The summed E-state index contributed by atoms with van der Waals surface area (Å²) in [5.41, 5.74) is 3.25. The number of aromatic nitrogens is 2. The van der Waals surface area contributed by atoms with Crippen LogP contribution in [0.4, 0.5) is 5.69 Å². The fourth-order valence-corrected chi connectivity index (χ4v) is 6.96. The van der Waals surface area contributed by atoms with Gasteiger partial charge in [0, 0.05) is 31.0 Å². The van der Waals surface area contributed by atoms with E-state index >= 15 is 0 Å². The minimum atomic E-state index is -4.34. The summed E-state index contributed by atoms with van der Waals surface area (Å²) in [5, 5.41) is 14.5. The van der Waals surface area contributed by atoms with Crippen LogP contribution in [0.1, 0.15) is 87.8 Å². The first-order valence-corrected chi connectivity index (χ1v) is 18.2. The molecule has 266 valence electrons. The van der Waals surface area contributed by atoms with Crippen molar-refractivity contribution in [3.8, 4) is 5.69 Å². The Bertz CT molecular complexity index is 1960. The Balaban J connectivity index is 1.56. The molecule has 2 amide bonds. The molecule has 1 aliphatic heterocycles. The van der Waals surface area contributed by atoms with Gasteiger partial charge in [-0.25, -0.2) is 9.48 Å². The molecule has 13 nitrogen and oxygen atoms in total. The normalized spacial score (nSPS) is 14.3. The maximum absolute atomic E-state index is 14.5. The molecule has 0 saturated carbocycles. The summed E-state index contributed by atoms with van der Waals surface area (Å²) in [5.74, 6) is -1.79. The lowest BCUT2D eigenvalue weighted by molar-refractivity contribution is 0.0542. The number of esters is 1. The number of amides is 2. The summed E-state index contributed by atoms with van der Waals surface area (Å²) in [6.07, 6.45) is 4.03. The Morgan fingerprint density at radius 3 is 2.38 bits per heavy atom. The van der Waals surface area contributed by atoms with Gasteiger partial charge in [0.05, 0.1) is 31.0 Å². The van der Waals surface area contributed by atoms with Gasteiger partial charge in [0.1, 0.15) is 0 Å². The zero-order valence-corrected chi connectivity index (χ0v) is 29.5. The third-order valence-electron chi connectivity index (χ3n) is 8.72. The molecule has 0 unspecified atom stereocenters. The molecule has 3 heterocycles. The fourth-order valence-electron chi connectivity index (χ4n) is 5.98. The third kappa shape index (κ3) is 7.76. The van der Waals surface area contributed by atoms with Gasteiger partial charge in [-0.15, -0.1) is 0 Å². The number of methoxy groups -OCH3 is 1. The third-order valence-corrected chi connectivity index (χ3v) is 9.98. The summed E-state index contributed by atoms with van der Waals surface area (Å²) in [6.45, 7) is 7.07. The number of rotatable bonds is 14. The van der Waals surface area contributed by atoms with Gasteiger partial charge < -0.3 is 24.1 Å². The second kappa shape index (κ2) is 15.7. The average Bonchev–Trinajstić information content (AvgIpc) is 3.78. The van der Waals surface area contributed by atoms with E-state index in [1.165, 1.54) is 22.9 Å². The largest absolute Gasteiger partial charge is 0.463 e. The number of aryl methyl sites for hydroxylation is 1. The highest BCUT2D eigenvalue weighted by atomic mass is 32.2. The smallest absolute Gasteiger partial charge is 0.374 e. The minimum absolute atomic E-state index is 0.0393. The first-order chi connectivity index (χ1) is 24.0. The van der Waals surface area contributed by atoms with E-state index < -0.39 is 33.0 Å². The molecule has 50 heavy (non-hydrogen) atoms.